The van der Waals surface area contributed by atoms with Crippen LogP contribution in [-0.2, 0) is 11.3 Å². The van der Waals surface area contributed by atoms with Gasteiger partial charge in [-0.3, -0.25) is 4.79 Å². The molecular formula is C13H15ClN2O3. The number of fused-ring (bicyclic) bond motifs is 1. The summed E-state index contributed by atoms with van der Waals surface area (Å²) < 4.78 is 7.67. The number of carbonyl (C=O) groups is 1. The molecule has 0 saturated heterocycles. The molecule has 0 amide bonds. The monoisotopic (exact) mass is 282 g/mol. The van der Waals surface area contributed by atoms with Crippen molar-refractivity contribution < 1.29 is 9.53 Å². The van der Waals surface area contributed by atoms with E-state index in [2.05, 4.69) is 0 Å². The van der Waals surface area contributed by atoms with Crippen LogP contribution in [0, 0.1) is 0 Å². The average Bonchev–Trinajstić information content (AvgIpc) is 2.70. The second-order valence-corrected chi connectivity index (χ2v) is 4.38. The molecule has 0 aliphatic rings. The summed E-state index contributed by atoms with van der Waals surface area (Å²) >= 11 is 5.65. The highest BCUT2D eigenvalue weighted by Crippen LogP contribution is 2.12. The smallest absolute Gasteiger partial charge is 0.433 e. The molecule has 1 aromatic carbocycles. The summed E-state index contributed by atoms with van der Waals surface area (Å²) in [7, 11) is 0. The first-order valence-electron chi connectivity index (χ1n) is 6.14. The molecule has 0 aliphatic carbocycles. The fourth-order valence-electron chi connectivity index (χ4n) is 1.99. The van der Waals surface area contributed by atoms with Crippen LogP contribution in [0.15, 0.2) is 29.1 Å². The molecule has 6 heteroatoms. The number of aromatic nitrogens is 2. The van der Waals surface area contributed by atoms with E-state index in [1.54, 1.807) is 31.2 Å². The Labute approximate surface area is 115 Å². The van der Waals surface area contributed by atoms with Crippen molar-refractivity contribution in [2.45, 2.75) is 19.9 Å². The first-order chi connectivity index (χ1) is 9.20. The Balaban J connectivity index is 2.62. The molecule has 0 spiro atoms. The van der Waals surface area contributed by atoms with Crippen molar-refractivity contribution >= 4 is 28.6 Å². The minimum Gasteiger partial charge on any atom is -0.448 e. The van der Waals surface area contributed by atoms with Gasteiger partial charge < -0.3 is 4.74 Å². The molecule has 2 aromatic rings. The second kappa shape index (κ2) is 5.93. The average molecular weight is 283 g/mol. The van der Waals surface area contributed by atoms with E-state index in [0.717, 1.165) is 0 Å². The molecule has 5 nitrogen and oxygen atoms in total. The van der Waals surface area contributed by atoms with Gasteiger partial charge in [-0.25, -0.2) is 9.48 Å². The predicted molar refractivity (Wildman–Crippen MR) is 74.0 cm³/mol. The zero-order chi connectivity index (χ0) is 13.8. The SMILES string of the molecule is CCOC(=O)n1c2ccccc2c(=O)n1CCCCl. The lowest BCUT2D eigenvalue weighted by Gasteiger charge is -2.10. The second-order valence-electron chi connectivity index (χ2n) is 4.00. The van der Waals surface area contributed by atoms with Crippen LogP contribution in [0.5, 0.6) is 0 Å². The van der Waals surface area contributed by atoms with Crippen LogP contribution in [0.2, 0.25) is 0 Å². The molecule has 1 aromatic heterocycles. The van der Waals surface area contributed by atoms with E-state index in [4.69, 9.17) is 16.3 Å². The molecule has 0 radical (unpaired) electrons. The molecule has 0 N–H and O–H groups in total. The molecule has 0 aliphatic heterocycles. The predicted octanol–water partition coefficient (Wildman–Crippen LogP) is 2.44. The summed E-state index contributed by atoms with van der Waals surface area (Å²) in [5.74, 6) is 0.427. The standard InChI is InChI=1S/C13H15ClN2O3/c1-2-19-13(18)16-11-7-4-3-6-10(11)12(17)15(16)9-5-8-14/h3-4,6-7H,2,5,8-9H2,1H3. The summed E-state index contributed by atoms with van der Waals surface area (Å²) in [6.45, 7) is 2.37. The Morgan fingerprint density at radius 1 is 1.37 bits per heavy atom. The van der Waals surface area contributed by atoms with E-state index in [-0.39, 0.29) is 12.2 Å². The van der Waals surface area contributed by atoms with Crippen LogP contribution < -0.4 is 5.56 Å². The van der Waals surface area contributed by atoms with E-state index >= 15 is 0 Å². The molecular weight excluding hydrogens is 268 g/mol. The number of rotatable bonds is 4. The number of nitrogens with zero attached hydrogens (tertiary/aromatic N) is 2. The number of alkyl halides is 1. The topological polar surface area (TPSA) is 53.2 Å². The van der Waals surface area contributed by atoms with Crippen LogP contribution in [0.3, 0.4) is 0 Å². The van der Waals surface area contributed by atoms with Gasteiger partial charge in [0.2, 0.25) is 0 Å². The van der Waals surface area contributed by atoms with Crippen LogP contribution in [-0.4, -0.2) is 27.9 Å². The number of ether oxygens (including phenoxy) is 1. The van der Waals surface area contributed by atoms with E-state index in [9.17, 15) is 9.59 Å². The number of para-hydroxylation sites is 1. The number of benzene rings is 1. The Morgan fingerprint density at radius 2 is 2.11 bits per heavy atom. The van der Waals surface area contributed by atoms with Crippen LogP contribution >= 0.6 is 11.6 Å². The number of carbonyl (C=O) groups excluding carboxylic acids is 1. The Morgan fingerprint density at radius 3 is 2.79 bits per heavy atom. The van der Waals surface area contributed by atoms with Crippen LogP contribution in [0.25, 0.3) is 10.9 Å². The van der Waals surface area contributed by atoms with Crippen molar-refractivity contribution in [3.05, 3.63) is 34.6 Å². The molecule has 0 fully saturated rings. The number of halogens is 1. The zero-order valence-electron chi connectivity index (χ0n) is 10.6. The van der Waals surface area contributed by atoms with E-state index in [1.165, 1.54) is 9.36 Å². The van der Waals surface area contributed by atoms with Crippen molar-refractivity contribution in [2.75, 3.05) is 12.5 Å². The number of hydrogen-bond acceptors (Lipinski definition) is 3. The summed E-state index contributed by atoms with van der Waals surface area (Å²) in [6, 6.07) is 6.98. The number of hydrogen-bond donors (Lipinski definition) is 0. The molecule has 2 rings (SSSR count). The van der Waals surface area contributed by atoms with E-state index in [0.29, 0.717) is 29.7 Å². The molecule has 19 heavy (non-hydrogen) atoms. The first kappa shape index (κ1) is 13.7. The fraction of sp³-hybridized carbons (Fsp3) is 0.385. The van der Waals surface area contributed by atoms with E-state index in [1.807, 2.05) is 0 Å². The van der Waals surface area contributed by atoms with Gasteiger partial charge in [-0.05, 0) is 25.5 Å². The Bertz CT molecular complexity index is 645. The maximum absolute atomic E-state index is 12.3. The van der Waals surface area contributed by atoms with Gasteiger partial charge in [0, 0.05) is 12.4 Å². The fourth-order valence-corrected chi connectivity index (χ4v) is 2.11. The third-order valence-corrected chi connectivity index (χ3v) is 3.05. The van der Waals surface area contributed by atoms with Crippen molar-refractivity contribution in [3.8, 4) is 0 Å². The van der Waals surface area contributed by atoms with Gasteiger partial charge in [0.15, 0.2) is 0 Å². The summed E-state index contributed by atoms with van der Waals surface area (Å²) in [6.07, 6.45) is 0.0624. The molecule has 1 heterocycles. The maximum atomic E-state index is 12.3. The lowest BCUT2D eigenvalue weighted by molar-refractivity contribution is 0.146. The van der Waals surface area contributed by atoms with Crippen LogP contribution in [0.4, 0.5) is 4.79 Å². The summed E-state index contributed by atoms with van der Waals surface area (Å²) in [5, 5.41) is 0.505. The molecule has 0 saturated carbocycles. The normalized spacial score (nSPS) is 10.8. The van der Waals surface area contributed by atoms with Crippen molar-refractivity contribution in [1.29, 1.82) is 0 Å². The summed E-state index contributed by atoms with van der Waals surface area (Å²) in [4.78, 5) is 24.3. The lowest BCUT2D eigenvalue weighted by Crippen LogP contribution is -2.28. The highest BCUT2D eigenvalue weighted by molar-refractivity contribution is 6.17. The quantitative estimate of drug-likeness (QED) is 0.809. The van der Waals surface area contributed by atoms with Gasteiger partial charge in [0.05, 0.1) is 17.5 Å². The third-order valence-electron chi connectivity index (χ3n) is 2.78. The Hall–Kier alpha value is -1.75. The first-order valence-corrected chi connectivity index (χ1v) is 6.67. The van der Waals surface area contributed by atoms with Gasteiger partial charge in [-0.1, -0.05) is 12.1 Å². The minimum absolute atomic E-state index is 0.200. The minimum atomic E-state index is -0.546. The maximum Gasteiger partial charge on any atom is 0.433 e. The molecule has 102 valence electrons. The molecule has 0 unspecified atom stereocenters. The van der Waals surface area contributed by atoms with Gasteiger partial charge in [0.1, 0.15) is 0 Å². The lowest BCUT2D eigenvalue weighted by atomic mass is 10.2. The largest absolute Gasteiger partial charge is 0.448 e. The van der Waals surface area contributed by atoms with Gasteiger partial charge >= 0.3 is 6.09 Å². The third kappa shape index (κ3) is 2.51. The van der Waals surface area contributed by atoms with Gasteiger partial charge in [-0.2, -0.15) is 4.68 Å². The summed E-state index contributed by atoms with van der Waals surface area (Å²) in [5.41, 5.74) is 0.356. The van der Waals surface area contributed by atoms with Gasteiger partial charge in [-0.15, -0.1) is 11.6 Å². The van der Waals surface area contributed by atoms with Crippen LogP contribution in [0.1, 0.15) is 13.3 Å². The molecule has 0 atom stereocenters. The molecule has 0 bridgehead atoms. The highest BCUT2D eigenvalue weighted by Gasteiger charge is 2.18. The highest BCUT2D eigenvalue weighted by atomic mass is 35.5. The van der Waals surface area contributed by atoms with Crippen molar-refractivity contribution in [3.63, 3.8) is 0 Å². The zero-order valence-corrected chi connectivity index (χ0v) is 11.4. The van der Waals surface area contributed by atoms with E-state index < -0.39 is 6.09 Å². The van der Waals surface area contributed by atoms with Crippen molar-refractivity contribution in [1.82, 2.24) is 9.36 Å². The Kier molecular flexibility index (Phi) is 4.27. The van der Waals surface area contributed by atoms with Gasteiger partial charge in [0.25, 0.3) is 5.56 Å². The van der Waals surface area contributed by atoms with Crippen molar-refractivity contribution in [2.24, 2.45) is 0 Å².